The lowest BCUT2D eigenvalue weighted by atomic mass is 9.89. The minimum atomic E-state index is -3.73. The molecule has 1 saturated heterocycles. The number of hydrogen-bond donors (Lipinski definition) is 0. The zero-order valence-electron chi connectivity index (χ0n) is 13.3. The van der Waals surface area contributed by atoms with Gasteiger partial charge in [0, 0.05) is 13.0 Å². The molecule has 2 aliphatic rings. The molecule has 5 nitrogen and oxygen atoms in total. The minimum Gasteiger partial charge on any atom is -0.485 e. The van der Waals surface area contributed by atoms with Crippen molar-refractivity contribution in [1.29, 1.82) is 0 Å². The molecule has 1 atom stereocenters. The number of benzene rings is 2. The number of rotatable bonds is 2. The Morgan fingerprint density at radius 3 is 2.60 bits per heavy atom. The van der Waals surface area contributed by atoms with Crippen LogP contribution in [0.4, 0.5) is 0 Å². The van der Waals surface area contributed by atoms with E-state index in [4.69, 9.17) is 16.3 Å². The van der Waals surface area contributed by atoms with Gasteiger partial charge in [0.05, 0.1) is 23.6 Å². The third kappa shape index (κ3) is 2.74. The van der Waals surface area contributed by atoms with Crippen LogP contribution in [-0.2, 0) is 10.0 Å². The van der Waals surface area contributed by atoms with E-state index in [0.29, 0.717) is 24.3 Å². The first-order valence-corrected chi connectivity index (χ1v) is 9.79. The molecule has 1 fully saturated rings. The van der Waals surface area contributed by atoms with Crippen LogP contribution >= 0.6 is 11.6 Å². The average Bonchev–Trinajstić information content (AvgIpc) is 2.99. The number of Topliss-reactive ketones (excluding diaryl/α,β-unsaturated/α-hetero) is 1. The van der Waals surface area contributed by atoms with Gasteiger partial charge in [-0.3, -0.25) is 4.79 Å². The van der Waals surface area contributed by atoms with Gasteiger partial charge in [-0.2, -0.15) is 4.31 Å². The minimum absolute atomic E-state index is 0.0150. The lowest BCUT2D eigenvalue weighted by Crippen LogP contribution is -2.45. The van der Waals surface area contributed by atoms with Crippen molar-refractivity contribution in [2.45, 2.75) is 23.3 Å². The van der Waals surface area contributed by atoms with Crippen molar-refractivity contribution in [2.24, 2.45) is 0 Å². The summed E-state index contributed by atoms with van der Waals surface area (Å²) in [6.45, 7) is 0.434. The zero-order chi connectivity index (χ0) is 17.7. The van der Waals surface area contributed by atoms with Crippen LogP contribution in [0.25, 0.3) is 0 Å². The van der Waals surface area contributed by atoms with Crippen LogP contribution < -0.4 is 4.74 Å². The SMILES string of the molecule is O=C1C[C@]2(CCN(S(=O)(=O)c3ccccc3Cl)C2)Oc2ccccc21. The molecule has 0 amide bonds. The zero-order valence-corrected chi connectivity index (χ0v) is 14.9. The van der Waals surface area contributed by atoms with Crippen LogP contribution in [0.15, 0.2) is 53.4 Å². The molecule has 0 aromatic heterocycles. The number of fused-ring (bicyclic) bond motifs is 1. The Morgan fingerprint density at radius 2 is 1.80 bits per heavy atom. The molecule has 130 valence electrons. The quantitative estimate of drug-likeness (QED) is 0.806. The monoisotopic (exact) mass is 377 g/mol. The highest BCUT2D eigenvalue weighted by atomic mass is 35.5. The molecule has 0 unspecified atom stereocenters. The number of carbonyl (C=O) groups excluding carboxylic acids is 1. The van der Waals surface area contributed by atoms with Gasteiger partial charge in [0.25, 0.3) is 0 Å². The summed E-state index contributed by atoms with van der Waals surface area (Å²) in [5.41, 5.74) is -0.250. The smallest absolute Gasteiger partial charge is 0.244 e. The third-order valence-corrected chi connectivity index (χ3v) is 7.08. The van der Waals surface area contributed by atoms with Crippen molar-refractivity contribution < 1.29 is 17.9 Å². The van der Waals surface area contributed by atoms with Gasteiger partial charge in [-0.25, -0.2) is 8.42 Å². The number of ketones is 1. The summed E-state index contributed by atoms with van der Waals surface area (Å²) < 4.78 is 33.3. The second-order valence-corrected chi connectivity index (χ2v) is 8.71. The fourth-order valence-electron chi connectivity index (χ4n) is 3.48. The second-order valence-electron chi connectivity index (χ2n) is 6.40. The molecule has 0 bridgehead atoms. The first-order valence-electron chi connectivity index (χ1n) is 7.97. The van der Waals surface area contributed by atoms with E-state index in [2.05, 4.69) is 0 Å². The van der Waals surface area contributed by atoms with E-state index in [9.17, 15) is 13.2 Å². The second kappa shape index (κ2) is 5.83. The summed E-state index contributed by atoms with van der Waals surface area (Å²) in [4.78, 5) is 12.5. The molecule has 0 N–H and O–H groups in total. The summed E-state index contributed by atoms with van der Waals surface area (Å²) in [5.74, 6) is 0.509. The largest absolute Gasteiger partial charge is 0.485 e. The Kier molecular flexibility index (Phi) is 3.86. The number of halogens is 1. The Hall–Kier alpha value is -1.89. The summed E-state index contributed by atoms with van der Waals surface area (Å²) in [6.07, 6.45) is 0.648. The van der Waals surface area contributed by atoms with Gasteiger partial charge in [-0.1, -0.05) is 35.9 Å². The molecule has 2 aromatic rings. The van der Waals surface area contributed by atoms with Crippen molar-refractivity contribution in [3.63, 3.8) is 0 Å². The molecule has 1 spiro atoms. The van der Waals surface area contributed by atoms with Crippen molar-refractivity contribution >= 4 is 27.4 Å². The molecule has 25 heavy (non-hydrogen) atoms. The molecular weight excluding hydrogens is 362 g/mol. The van der Waals surface area contributed by atoms with Crippen LogP contribution in [0.1, 0.15) is 23.2 Å². The van der Waals surface area contributed by atoms with E-state index in [1.54, 1.807) is 42.5 Å². The number of sulfonamides is 1. The Bertz CT molecular complexity index is 959. The van der Waals surface area contributed by atoms with Gasteiger partial charge >= 0.3 is 0 Å². The molecule has 7 heteroatoms. The Morgan fingerprint density at radius 1 is 1.08 bits per heavy atom. The lowest BCUT2D eigenvalue weighted by Gasteiger charge is -2.34. The van der Waals surface area contributed by atoms with Gasteiger partial charge in [0.15, 0.2) is 5.78 Å². The van der Waals surface area contributed by atoms with E-state index in [0.717, 1.165) is 0 Å². The fourth-order valence-corrected chi connectivity index (χ4v) is 5.49. The van der Waals surface area contributed by atoms with Crippen molar-refractivity contribution in [3.8, 4) is 5.75 Å². The molecular formula is C18H16ClNO4S. The van der Waals surface area contributed by atoms with Crippen molar-refractivity contribution in [1.82, 2.24) is 4.31 Å². The molecule has 0 saturated carbocycles. The first-order chi connectivity index (χ1) is 11.9. The fraction of sp³-hybridized carbons (Fsp3) is 0.278. The third-order valence-electron chi connectivity index (χ3n) is 4.73. The topological polar surface area (TPSA) is 63.7 Å². The summed E-state index contributed by atoms with van der Waals surface area (Å²) in [7, 11) is -3.73. The molecule has 2 aromatic carbocycles. The highest BCUT2D eigenvalue weighted by Gasteiger charge is 2.49. The van der Waals surface area contributed by atoms with Crippen molar-refractivity contribution in [2.75, 3.05) is 13.1 Å². The van der Waals surface area contributed by atoms with Gasteiger partial charge in [-0.05, 0) is 24.3 Å². The van der Waals surface area contributed by atoms with Crippen LogP contribution in [-0.4, -0.2) is 37.2 Å². The van der Waals surface area contributed by atoms with Crippen molar-refractivity contribution in [3.05, 3.63) is 59.1 Å². The van der Waals surface area contributed by atoms with Gasteiger partial charge in [0.1, 0.15) is 16.2 Å². The highest BCUT2D eigenvalue weighted by molar-refractivity contribution is 7.89. The van der Waals surface area contributed by atoms with Gasteiger partial charge in [0.2, 0.25) is 10.0 Å². The van der Waals surface area contributed by atoms with Crippen LogP contribution in [0.3, 0.4) is 0 Å². The van der Waals surface area contributed by atoms with Crippen LogP contribution in [0, 0.1) is 0 Å². The van der Waals surface area contributed by atoms with Crippen LogP contribution in [0.2, 0.25) is 5.02 Å². The van der Waals surface area contributed by atoms with Crippen LogP contribution in [0.5, 0.6) is 5.75 Å². The Balaban J connectivity index is 1.64. The molecule has 2 heterocycles. The standard InChI is InChI=1S/C18H16ClNO4S/c19-14-6-2-4-8-17(14)25(22,23)20-10-9-18(12-20)11-15(21)13-5-1-3-7-16(13)24-18/h1-8H,9-12H2/t18-/m0/s1. The predicted molar refractivity (Wildman–Crippen MR) is 93.6 cm³/mol. The van der Waals surface area contributed by atoms with E-state index < -0.39 is 15.6 Å². The number of ether oxygens (including phenoxy) is 1. The van der Waals surface area contributed by atoms with E-state index >= 15 is 0 Å². The number of hydrogen-bond acceptors (Lipinski definition) is 4. The highest BCUT2D eigenvalue weighted by Crippen LogP contribution is 2.40. The lowest BCUT2D eigenvalue weighted by molar-refractivity contribution is 0.0498. The van der Waals surface area contributed by atoms with Gasteiger partial charge in [-0.15, -0.1) is 0 Å². The van der Waals surface area contributed by atoms with Gasteiger partial charge < -0.3 is 4.74 Å². The maximum absolute atomic E-state index is 12.9. The molecule has 0 aliphatic carbocycles. The Labute approximate surface area is 151 Å². The summed E-state index contributed by atoms with van der Waals surface area (Å²) >= 11 is 6.06. The summed E-state index contributed by atoms with van der Waals surface area (Å²) in [6, 6.07) is 13.5. The average molecular weight is 378 g/mol. The molecule has 4 rings (SSSR count). The summed E-state index contributed by atoms with van der Waals surface area (Å²) in [5, 5.41) is 0.189. The van der Waals surface area contributed by atoms with E-state index in [1.165, 1.54) is 10.4 Å². The number of para-hydroxylation sites is 1. The van der Waals surface area contributed by atoms with E-state index in [-0.39, 0.29) is 28.7 Å². The first kappa shape index (κ1) is 16.6. The number of carbonyl (C=O) groups is 1. The molecule has 0 radical (unpaired) electrons. The van der Waals surface area contributed by atoms with E-state index in [1.807, 2.05) is 0 Å². The molecule has 2 aliphatic heterocycles. The normalized spacial score (nSPS) is 23.5. The maximum atomic E-state index is 12.9. The predicted octanol–water partition coefficient (Wildman–Crippen LogP) is 3.14. The maximum Gasteiger partial charge on any atom is 0.244 e. The number of nitrogens with zero attached hydrogens (tertiary/aromatic N) is 1.